The molecule has 0 aromatic rings. The summed E-state index contributed by atoms with van der Waals surface area (Å²) < 4.78 is 0. The van der Waals surface area contributed by atoms with Gasteiger partial charge in [-0.1, -0.05) is 32.3 Å². The number of piperazine rings is 1. The van der Waals surface area contributed by atoms with Crippen LogP contribution in [0.2, 0.25) is 0 Å². The topological polar surface area (TPSA) is 23.6 Å². The Hall–Kier alpha value is -1.09. The minimum Gasteiger partial charge on any atom is -0.372 e. The van der Waals surface area contributed by atoms with Crippen LogP contribution in [0.5, 0.6) is 0 Å². The number of hydrogen-bond donors (Lipinski definition) is 0. The summed E-state index contributed by atoms with van der Waals surface area (Å²) in [5.41, 5.74) is 1.21. The fourth-order valence-corrected chi connectivity index (χ4v) is 2.80. The molecule has 0 radical (unpaired) electrons. The second-order valence-electron chi connectivity index (χ2n) is 5.55. The number of carbonyl (C=O) groups is 1. The summed E-state index contributed by atoms with van der Waals surface area (Å²) >= 11 is 0. The molecule has 0 spiro atoms. The van der Waals surface area contributed by atoms with Gasteiger partial charge in [-0.25, -0.2) is 0 Å². The number of unbranched alkanes of at least 4 members (excludes halogenated alkanes) is 3. The van der Waals surface area contributed by atoms with Crippen LogP contribution in [0.3, 0.4) is 0 Å². The minimum atomic E-state index is 0.236. The van der Waals surface area contributed by atoms with E-state index >= 15 is 0 Å². The Morgan fingerprint density at radius 2 is 1.89 bits per heavy atom. The standard InChI is InChI=1S/C16H26N2O/c1-2-3-4-5-9-17-10-12-18(13-11-17)15-7-6-8-16(19)14-15/h6-8H,2-5,9-14H2,1H3. The van der Waals surface area contributed by atoms with Gasteiger partial charge in [0, 0.05) is 31.9 Å². The molecule has 0 N–H and O–H groups in total. The van der Waals surface area contributed by atoms with Crippen molar-refractivity contribution in [1.82, 2.24) is 9.80 Å². The monoisotopic (exact) mass is 262 g/mol. The molecular formula is C16H26N2O. The van der Waals surface area contributed by atoms with E-state index in [0.717, 1.165) is 26.2 Å². The van der Waals surface area contributed by atoms with Gasteiger partial charge in [0.25, 0.3) is 0 Å². The van der Waals surface area contributed by atoms with Crippen LogP contribution < -0.4 is 0 Å². The van der Waals surface area contributed by atoms with E-state index < -0.39 is 0 Å². The summed E-state index contributed by atoms with van der Waals surface area (Å²) in [5.74, 6) is 0.236. The Morgan fingerprint density at radius 1 is 1.11 bits per heavy atom. The zero-order chi connectivity index (χ0) is 13.5. The number of ketones is 1. The Labute approximate surface area is 117 Å². The van der Waals surface area contributed by atoms with Gasteiger partial charge >= 0.3 is 0 Å². The molecule has 2 aliphatic rings. The van der Waals surface area contributed by atoms with Crippen LogP contribution in [0.4, 0.5) is 0 Å². The normalized spacial score (nSPS) is 20.8. The van der Waals surface area contributed by atoms with Crippen molar-refractivity contribution in [2.75, 3.05) is 32.7 Å². The van der Waals surface area contributed by atoms with Crippen molar-refractivity contribution >= 4 is 5.78 Å². The largest absolute Gasteiger partial charge is 0.372 e. The van der Waals surface area contributed by atoms with E-state index in [4.69, 9.17) is 0 Å². The van der Waals surface area contributed by atoms with Crippen molar-refractivity contribution in [2.45, 2.75) is 39.0 Å². The maximum atomic E-state index is 11.4. The Balaban J connectivity index is 1.69. The highest BCUT2D eigenvalue weighted by Crippen LogP contribution is 2.17. The van der Waals surface area contributed by atoms with Gasteiger partial charge in [0.15, 0.2) is 5.78 Å². The van der Waals surface area contributed by atoms with Crippen molar-refractivity contribution in [3.8, 4) is 0 Å². The lowest BCUT2D eigenvalue weighted by Crippen LogP contribution is -2.46. The van der Waals surface area contributed by atoms with Gasteiger partial charge in [-0.15, -0.1) is 0 Å². The number of allylic oxidation sites excluding steroid dienone is 4. The fraction of sp³-hybridized carbons (Fsp3) is 0.688. The molecule has 1 aliphatic heterocycles. The predicted octanol–water partition coefficient (Wildman–Crippen LogP) is 2.60. The molecule has 19 heavy (non-hydrogen) atoms. The lowest BCUT2D eigenvalue weighted by molar-refractivity contribution is -0.114. The number of carbonyl (C=O) groups excluding carboxylic acids is 1. The quantitative estimate of drug-likeness (QED) is 0.687. The van der Waals surface area contributed by atoms with Crippen molar-refractivity contribution in [3.63, 3.8) is 0 Å². The number of nitrogens with zero attached hydrogens (tertiary/aromatic N) is 2. The number of hydrogen-bond acceptors (Lipinski definition) is 3. The van der Waals surface area contributed by atoms with Gasteiger partial charge in [-0.3, -0.25) is 9.69 Å². The molecule has 1 aliphatic carbocycles. The molecule has 106 valence electrons. The third-order valence-corrected chi connectivity index (χ3v) is 4.03. The van der Waals surface area contributed by atoms with E-state index in [1.807, 2.05) is 6.08 Å². The molecule has 3 nitrogen and oxygen atoms in total. The molecule has 1 saturated heterocycles. The predicted molar refractivity (Wildman–Crippen MR) is 79.0 cm³/mol. The lowest BCUT2D eigenvalue weighted by atomic mass is 10.1. The van der Waals surface area contributed by atoms with Gasteiger partial charge in [0.05, 0.1) is 6.42 Å². The SMILES string of the molecule is CCCCCCN1CCN(C2=CC=CC(=O)C2)CC1. The van der Waals surface area contributed by atoms with Crippen molar-refractivity contribution in [3.05, 3.63) is 23.9 Å². The van der Waals surface area contributed by atoms with Gasteiger partial charge in [-0.05, 0) is 25.1 Å². The molecule has 0 aromatic carbocycles. The Kier molecular flexibility index (Phi) is 5.64. The molecule has 0 amide bonds. The summed E-state index contributed by atoms with van der Waals surface area (Å²) in [6.45, 7) is 7.92. The zero-order valence-corrected chi connectivity index (χ0v) is 12.1. The first-order valence-corrected chi connectivity index (χ1v) is 7.67. The van der Waals surface area contributed by atoms with E-state index in [1.54, 1.807) is 6.08 Å². The molecular weight excluding hydrogens is 236 g/mol. The lowest BCUT2D eigenvalue weighted by Gasteiger charge is -2.37. The first-order valence-electron chi connectivity index (χ1n) is 7.67. The molecule has 1 heterocycles. The fourth-order valence-electron chi connectivity index (χ4n) is 2.80. The van der Waals surface area contributed by atoms with Crippen molar-refractivity contribution in [1.29, 1.82) is 0 Å². The van der Waals surface area contributed by atoms with Crippen molar-refractivity contribution < 1.29 is 4.79 Å². The second kappa shape index (κ2) is 7.49. The average molecular weight is 262 g/mol. The molecule has 0 aromatic heterocycles. The highest BCUT2D eigenvalue weighted by Gasteiger charge is 2.20. The van der Waals surface area contributed by atoms with E-state index in [-0.39, 0.29) is 5.78 Å². The maximum absolute atomic E-state index is 11.4. The summed E-state index contributed by atoms with van der Waals surface area (Å²) in [6.07, 6.45) is 11.6. The first-order chi connectivity index (χ1) is 9.29. The van der Waals surface area contributed by atoms with E-state index in [9.17, 15) is 4.79 Å². The molecule has 3 heteroatoms. The third-order valence-electron chi connectivity index (χ3n) is 4.03. The molecule has 1 fully saturated rings. The van der Waals surface area contributed by atoms with E-state index in [2.05, 4.69) is 22.8 Å². The Morgan fingerprint density at radius 3 is 2.58 bits per heavy atom. The van der Waals surface area contributed by atoms with Gasteiger partial charge in [0.2, 0.25) is 0 Å². The van der Waals surface area contributed by atoms with Crippen LogP contribution in [0.1, 0.15) is 39.0 Å². The van der Waals surface area contributed by atoms with Crippen LogP contribution >= 0.6 is 0 Å². The van der Waals surface area contributed by atoms with Gasteiger partial charge in [-0.2, -0.15) is 0 Å². The summed E-state index contributed by atoms with van der Waals surface area (Å²) in [5, 5.41) is 0. The molecule has 2 rings (SSSR count). The average Bonchev–Trinajstić information content (AvgIpc) is 2.44. The smallest absolute Gasteiger partial charge is 0.161 e. The second-order valence-corrected chi connectivity index (χ2v) is 5.55. The highest BCUT2D eigenvalue weighted by atomic mass is 16.1. The minimum absolute atomic E-state index is 0.236. The molecule has 0 atom stereocenters. The zero-order valence-electron chi connectivity index (χ0n) is 12.1. The van der Waals surface area contributed by atoms with E-state index in [0.29, 0.717) is 6.42 Å². The number of rotatable bonds is 6. The van der Waals surface area contributed by atoms with E-state index in [1.165, 1.54) is 37.9 Å². The molecule has 0 saturated carbocycles. The van der Waals surface area contributed by atoms with Crippen molar-refractivity contribution in [2.24, 2.45) is 0 Å². The van der Waals surface area contributed by atoms with Crippen LogP contribution in [0.15, 0.2) is 23.9 Å². The maximum Gasteiger partial charge on any atom is 0.161 e. The van der Waals surface area contributed by atoms with Crippen LogP contribution in [0.25, 0.3) is 0 Å². The Bertz CT molecular complexity index is 352. The highest BCUT2D eigenvalue weighted by molar-refractivity contribution is 5.92. The molecule has 0 bridgehead atoms. The van der Waals surface area contributed by atoms with Crippen LogP contribution in [-0.2, 0) is 4.79 Å². The third kappa shape index (κ3) is 4.50. The van der Waals surface area contributed by atoms with Gasteiger partial charge in [0.1, 0.15) is 0 Å². The molecule has 0 unspecified atom stereocenters. The summed E-state index contributed by atoms with van der Waals surface area (Å²) in [7, 11) is 0. The summed E-state index contributed by atoms with van der Waals surface area (Å²) in [4.78, 5) is 16.4. The first kappa shape index (κ1) is 14.3. The van der Waals surface area contributed by atoms with Gasteiger partial charge < -0.3 is 4.90 Å². The van der Waals surface area contributed by atoms with Crippen LogP contribution in [-0.4, -0.2) is 48.3 Å². The summed E-state index contributed by atoms with van der Waals surface area (Å²) in [6, 6.07) is 0. The van der Waals surface area contributed by atoms with Crippen LogP contribution in [0, 0.1) is 0 Å².